The number of carbonyl (C=O) groups is 3. The maximum Gasteiger partial charge on any atom is 0.239 e. The van der Waals surface area contributed by atoms with Crippen LogP contribution in [0.3, 0.4) is 0 Å². The Balaban J connectivity index is 3.57. The summed E-state index contributed by atoms with van der Waals surface area (Å²) in [6.45, 7) is 2.10. The summed E-state index contributed by atoms with van der Waals surface area (Å²) in [6.07, 6.45) is 0.840. The number of nitrogens with two attached hydrogens (primary N) is 1. The third-order valence-electron chi connectivity index (χ3n) is 1.65. The molecule has 0 radical (unpaired) electrons. The van der Waals surface area contributed by atoms with E-state index < -0.39 is 11.8 Å². The lowest BCUT2D eigenvalue weighted by molar-refractivity contribution is -0.127. The molecule has 0 aromatic rings. The van der Waals surface area contributed by atoms with Crippen LogP contribution in [-0.2, 0) is 14.4 Å². The van der Waals surface area contributed by atoms with Gasteiger partial charge in [0.05, 0.1) is 19.6 Å². The molecule has 0 aromatic heterocycles. The van der Waals surface area contributed by atoms with Crippen molar-refractivity contribution in [1.82, 2.24) is 16.0 Å². The molecule has 0 aliphatic carbocycles. The van der Waals surface area contributed by atoms with Gasteiger partial charge in [-0.25, -0.2) is 0 Å². The van der Waals surface area contributed by atoms with Gasteiger partial charge in [-0.15, -0.1) is 0 Å². The maximum atomic E-state index is 11.1. The topological polar surface area (TPSA) is 113 Å². The van der Waals surface area contributed by atoms with Gasteiger partial charge in [0.15, 0.2) is 0 Å². The van der Waals surface area contributed by atoms with Crippen LogP contribution < -0.4 is 21.7 Å². The third kappa shape index (κ3) is 7.74. The van der Waals surface area contributed by atoms with Gasteiger partial charge in [0.25, 0.3) is 0 Å². The lowest BCUT2D eigenvalue weighted by atomic mass is 10.4. The Morgan fingerprint density at radius 3 is 1.94 bits per heavy atom. The van der Waals surface area contributed by atoms with Crippen molar-refractivity contribution in [1.29, 1.82) is 0 Å². The van der Waals surface area contributed by atoms with Crippen LogP contribution >= 0.6 is 0 Å². The standard InChI is InChI=1S/C9H18N4O3/c1-2-3-11-8(15)5-13-9(16)6-12-7(14)4-10/h2-6,10H2,1H3,(H,11,15)(H,12,14)(H,13,16). The molecule has 0 aliphatic rings. The molecular weight excluding hydrogens is 212 g/mol. The van der Waals surface area contributed by atoms with E-state index >= 15 is 0 Å². The number of amides is 3. The minimum absolute atomic E-state index is 0.0860. The van der Waals surface area contributed by atoms with Crippen molar-refractivity contribution in [3.63, 3.8) is 0 Å². The van der Waals surface area contributed by atoms with Gasteiger partial charge < -0.3 is 21.7 Å². The first-order valence-corrected chi connectivity index (χ1v) is 5.10. The molecule has 0 spiro atoms. The number of carbonyl (C=O) groups excluding carboxylic acids is 3. The lowest BCUT2D eigenvalue weighted by Crippen LogP contribution is -2.43. The Kier molecular flexibility index (Phi) is 7.78. The van der Waals surface area contributed by atoms with Crippen molar-refractivity contribution in [2.75, 3.05) is 26.2 Å². The zero-order chi connectivity index (χ0) is 12.4. The van der Waals surface area contributed by atoms with Gasteiger partial charge in [0.1, 0.15) is 0 Å². The monoisotopic (exact) mass is 230 g/mol. The van der Waals surface area contributed by atoms with Crippen molar-refractivity contribution in [3.8, 4) is 0 Å². The number of hydrogen-bond donors (Lipinski definition) is 4. The molecule has 0 saturated heterocycles. The van der Waals surface area contributed by atoms with Crippen LogP contribution in [0.25, 0.3) is 0 Å². The van der Waals surface area contributed by atoms with Crippen LogP contribution in [0.1, 0.15) is 13.3 Å². The van der Waals surface area contributed by atoms with Gasteiger partial charge in [0, 0.05) is 6.54 Å². The highest BCUT2D eigenvalue weighted by Crippen LogP contribution is 1.71. The molecule has 0 bridgehead atoms. The average molecular weight is 230 g/mol. The van der Waals surface area contributed by atoms with Crippen molar-refractivity contribution >= 4 is 17.7 Å². The molecule has 7 heteroatoms. The average Bonchev–Trinajstić information content (AvgIpc) is 2.30. The van der Waals surface area contributed by atoms with E-state index in [2.05, 4.69) is 16.0 Å². The lowest BCUT2D eigenvalue weighted by Gasteiger charge is -2.06. The highest BCUT2D eigenvalue weighted by Gasteiger charge is 2.05. The molecule has 0 fully saturated rings. The van der Waals surface area contributed by atoms with Crippen molar-refractivity contribution in [2.24, 2.45) is 5.73 Å². The van der Waals surface area contributed by atoms with Crippen LogP contribution in [0.5, 0.6) is 0 Å². The predicted molar refractivity (Wildman–Crippen MR) is 58.4 cm³/mol. The van der Waals surface area contributed by atoms with Gasteiger partial charge in [-0.1, -0.05) is 6.92 Å². The van der Waals surface area contributed by atoms with Crippen LogP contribution in [0.2, 0.25) is 0 Å². The Morgan fingerprint density at radius 1 is 0.938 bits per heavy atom. The molecular formula is C9H18N4O3. The zero-order valence-corrected chi connectivity index (χ0v) is 9.34. The van der Waals surface area contributed by atoms with Gasteiger partial charge in [-0.2, -0.15) is 0 Å². The van der Waals surface area contributed by atoms with E-state index in [1.165, 1.54) is 0 Å². The van der Waals surface area contributed by atoms with E-state index in [1.807, 2.05) is 6.92 Å². The minimum atomic E-state index is -0.423. The molecule has 0 aliphatic heterocycles. The molecule has 0 rings (SSSR count). The fraction of sp³-hybridized carbons (Fsp3) is 0.667. The normalized spacial score (nSPS) is 9.38. The van der Waals surface area contributed by atoms with E-state index in [0.717, 1.165) is 6.42 Å². The summed E-state index contributed by atoms with van der Waals surface area (Å²) in [5.74, 6) is -1.08. The first kappa shape index (κ1) is 14.4. The third-order valence-corrected chi connectivity index (χ3v) is 1.65. The highest BCUT2D eigenvalue weighted by atomic mass is 16.2. The number of rotatable bonds is 7. The Morgan fingerprint density at radius 2 is 1.44 bits per heavy atom. The molecule has 0 heterocycles. The Labute approximate surface area is 94.1 Å². The first-order valence-electron chi connectivity index (χ1n) is 5.10. The van der Waals surface area contributed by atoms with Crippen molar-refractivity contribution in [2.45, 2.75) is 13.3 Å². The van der Waals surface area contributed by atoms with E-state index in [1.54, 1.807) is 0 Å². The Hall–Kier alpha value is -1.63. The molecule has 0 aromatic carbocycles. The smallest absolute Gasteiger partial charge is 0.239 e. The molecule has 92 valence electrons. The number of nitrogens with one attached hydrogen (secondary N) is 3. The van der Waals surface area contributed by atoms with Gasteiger partial charge >= 0.3 is 0 Å². The maximum absolute atomic E-state index is 11.1. The van der Waals surface area contributed by atoms with Crippen LogP contribution in [0, 0.1) is 0 Å². The summed E-state index contributed by atoms with van der Waals surface area (Å²) >= 11 is 0. The summed E-state index contributed by atoms with van der Waals surface area (Å²) in [6, 6.07) is 0. The second-order valence-corrected chi connectivity index (χ2v) is 3.11. The molecule has 5 N–H and O–H groups in total. The second kappa shape index (κ2) is 8.66. The second-order valence-electron chi connectivity index (χ2n) is 3.11. The van der Waals surface area contributed by atoms with Gasteiger partial charge in [-0.3, -0.25) is 14.4 Å². The zero-order valence-electron chi connectivity index (χ0n) is 9.34. The van der Waals surface area contributed by atoms with E-state index in [4.69, 9.17) is 5.73 Å². The summed E-state index contributed by atoms with van der Waals surface area (Å²) in [4.78, 5) is 32.9. The summed E-state index contributed by atoms with van der Waals surface area (Å²) in [5, 5.41) is 7.26. The molecule has 16 heavy (non-hydrogen) atoms. The molecule has 3 amide bonds. The van der Waals surface area contributed by atoms with Crippen LogP contribution in [0.15, 0.2) is 0 Å². The highest BCUT2D eigenvalue weighted by molar-refractivity contribution is 5.88. The van der Waals surface area contributed by atoms with E-state index in [-0.39, 0.29) is 25.5 Å². The first-order chi connectivity index (χ1) is 7.60. The van der Waals surface area contributed by atoms with E-state index in [9.17, 15) is 14.4 Å². The molecule has 0 unspecified atom stereocenters. The van der Waals surface area contributed by atoms with Crippen molar-refractivity contribution in [3.05, 3.63) is 0 Å². The molecule has 7 nitrogen and oxygen atoms in total. The SMILES string of the molecule is CCCNC(=O)CNC(=O)CNC(=O)CN. The predicted octanol–water partition coefficient (Wildman–Crippen LogP) is -2.30. The molecule has 0 atom stereocenters. The minimum Gasteiger partial charge on any atom is -0.355 e. The summed E-state index contributed by atoms with van der Waals surface area (Å²) in [5.41, 5.74) is 5.03. The van der Waals surface area contributed by atoms with Crippen molar-refractivity contribution < 1.29 is 14.4 Å². The fourth-order valence-corrected chi connectivity index (χ4v) is 0.819. The van der Waals surface area contributed by atoms with E-state index in [0.29, 0.717) is 6.54 Å². The number of hydrogen-bond acceptors (Lipinski definition) is 4. The summed E-state index contributed by atoms with van der Waals surface area (Å²) in [7, 11) is 0. The Bertz CT molecular complexity index is 255. The molecule has 0 saturated carbocycles. The van der Waals surface area contributed by atoms with Crippen LogP contribution in [-0.4, -0.2) is 43.9 Å². The summed E-state index contributed by atoms with van der Waals surface area (Å²) < 4.78 is 0. The largest absolute Gasteiger partial charge is 0.355 e. The van der Waals surface area contributed by atoms with Gasteiger partial charge in [0.2, 0.25) is 17.7 Å². The van der Waals surface area contributed by atoms with Crippen LogP contribution in [0.4, 0.5) is 0 Å². The fourth-order valence-electron chi connectivity index (χ4n) is 0.819. The quantitative estimate of drug-likeness (QED) is 0.394. The van der Waals surface area contributed by atoms with Gasteiger partial charge in [-0.05, 0) is 6.42 Å².